The molecule has 1 atom stereocenters. The van der Waals surface area contributed by atoms with E-state index in [9.17, 15) is 14.0 Å². The minimum Gasteiger partial charge on any atom is -0.368 e. The van der Waals surface area contributed by atoms with E-state index in [0.717, 1.165) is 5.56 Å². The van der Waals surface area contributed by atoms with Crippen molar-refractivity contribution in [2.75, 3.05) is 11.6 Å². The third-order valence-electron chi connectivity index (χ3n) is 4.37. The molecule has 0 saturated heterocycles. The average molecular weight is 368 g/mol. The SMILES string of the molecule is Cc1cccc(CCNC(=O)C2=NN(c3ccc(F)cc3)C(C(N)=O)C2)c1. The fraction of sp³-hybridized carbons (Fsp3) is 0.250. The van der Waals surface area contributed by atoms with Crippen molar-refractivity contribution in [3.8, 4) is 0 Å². The number of nitrogens with two attached hydrogens (primary N) is 1. The second-order valence-electron chi connectivity index (χ2n) is 6.48. The molecule has 2 aromatic carbocycles. The summed E-state index contributed by atoms with van der Waals surface area (Å²) in [5, 5.41) is 8.44. The highest BCUT2D eigenvalue weighted by atomic mass is 19.1. The minimum absolute atomic E-state index is 0.114. The Morgan fingerprint density at radius 3 is 2.67 bits per heavy atom. The van der Waals surface area contributed by atoms with E-state index in [-0.39, 0.29) is 18.0 Å². The van der Waals surface area contributed by atoms with Gasteiger partial charge >= 0.3 is 0 Å². The monoisotopic (exact) mass is 368 g/mol. The number of carbonyl (C=O) groups excluding carboxylic acids is 2. The number of anilines is 1. The van der Waals surface area contributed by atoms with Crippen LogP contribution in [0.2, 0.25) is 0 Å². The van der Waals surface area contributed by atoms with Crippen LogP contribution in [0.1, 0.15) is 17.5 Å². The zero-order chi connectivity index (χ0) is 19.4. The van der Waals surface area contributed by atoms with Crippen molar-refractivity contribution in [3.05, 3.63) is 65.5 Å². The number of benzene rings is 2. The minimum atomic E-state index is -0.770. The van der Waals surface area contributed by atoms with Gasteiger partial charge in [0.15, 0.2) is 0 Å². The van der Waals surface area contributed by atoms with Gasteiger partial charge in [-0.25, -0.2) is 4.39 Å². The number of nitrogens with zero attached hydrogens (tertiary/aromatic N) is 2. The Morgan fingerprint density at radius 2 is 2.00 bits per heavy atom. The van der Waals surface area contributed by atoms with Crippen LogP contribution in [0.4, 0.5) is 10.1 Å². The number of amides is 2. The highest BCUT2D eigenvalue weighted by Crippen LogP contribution is 2.24. The molecule has 2 amide bonds. The van der Waals surface area contributed by atoms with Gasteiger partial charge in [0, 0.05) is 13.0 Å². The van der Waals surface area contributed by atoms with E-state index < -0.39 is 17.8 Å². The van der Waals surface area contributed by atoms with Crippen LogP contribution in [0, 0.1) is 12.7 Å². The van der Waals surface area contributed by atoms with Crippen LogP contribution < -0.4 is 16.1 Å². The molecule has 3 N–H and O–H groups in total. The lowest BCUT2D eigenvalue weighted by Gasteiger charge is -2.20. The highest BCUT2D eigenvalue weighted by molar-refractivity contribution is 6.40. The smallest absolute Gasteiger partial charge is 0.267 e. The lowest BCUT2D eigenvalue weighted by molar-refractivity contribution is -0.119. The topological polar surface area (TPSA) is 87.8 Å². The number of hydrogen-bond donors (Lipinski definition) is 2. The van der Waals surface area contributed by atoms with Gasteiger partial charge in [0.1, 0.15) is 17.6 Å². The molecule has 0 spiro atoms. The van der Waals surface area contributed by atoms with Gasteiger partial charge in [-0.1, -0.05) is 29.8 Å². The molecule has 3 rings (SSSR count). The molecule has 27 heavy (non-hydrogen) atoms. The van der Waals surface area contributed by atoms with Crippen molar-refractivity contribution in [3.63, 3.8) is 0 Å². The van der Waals surface area contributed by atoms with Gasteiger partial charge in [0.25, 0.3) is 5.91 Å². The standard InChI is InChI=1S/C20H21FN4O2/c1-13-3-2-4-14(11-13)9-10-23-20(27)17-12-18(19(22)26)25(24-17)16-7-5-15(21)6-8-16/h2-8,11,18H,9-10,12H2,1H3,(H2,22,26)(H,23,27). The van der Waals surface area contributed by atoms with Gasteiger partial charge in [-0.2, -0.15) is 5.10 Å². The maximum absolute atomic E-state index is 13.1. The molecule has 0 radical (unpaired) electrons. The summed E-state index contributed by atoms with van der Waals surface area (Å²) in [6, 6.07) is 12.8. The summed E-state index contributed by atoms with van der Waals surface area (Å²) in [4.78, 5) is 24.2. The lowest BCUT2D eigenvalue weighted by Crippen LogP contribution is -2.40. The number of rotatable bonds is 6. The van der Waals surface area contributed by atoms with Crippen LogP contribution in [0.3, 0.4) is 0 Å². The Bertz CT molecular complexity index is 880. The van der Waals surface area contributed by atoms with Crippen molar-refractivity contribution in [1.82, 2.24) is 5.32 Å². The summed E-state index contributed by atoms with van der Waals surface area (Å²) in [6.07, 6.45) is 0.810. The van der Waals surface area contributed by atoms with Crippen LogP contribution in [-0.2, 0) is 16.0 Å². The number of hydrazone groups is 1. The largest absolute Gasteiger partial charge is 0.368 e. The van der Waals surface area contributed by atoms with Crippen LogP contribution >= 0.6 is 0 Å². The van der Waals surface area contributed by atoms with Crippen molar-refractivity contribution in [1.29, 1.82) is 0 Å². The van der Waals surface area contributed by atoms with Crippen LogP contribution in [0.25, 0.3) is 0 Å². The van der Waals surface area contributed by atoms with E-state index in [2.05, 4.69) is 16.5 Å². The maximum atomic E-state index is 13.1. The van der Waals surface area contributed by atoms with Crippen molar-refractivity contribution >= 4 is 23.2 Å². The Kier molecular flexibility index (Phi) is 5.49. The number of hydrogen-bond acceptors (Lipinski definition) is 4. The second-order valence-corrected chi connectivity index (χ2v) is 6.48. The molecule has 7 heteroatoms. The zero-order valence-corrected chi connectivity index (χ0v) is 15.0. The van der Waals surface area contributed by atoms with Gasteiger partial charge in [-0.3, -0.25) is 14.6 Å². The van der Waals surface area contributed by atoms with Crippen LogP contribution in [0.15, 0.2) is 53.6 Å². The van der Waals surface area contributed by atoms with Crippen molar-refractivity contribution < 1.29 is 14.0 Å². The number of carbonyl (C=O) groups is 2. The molecule has 2 aromatic rings. The summed E-state index contributed by atoms with van der Waals surface area (Å²) in [5.41, 5.74) is 8.48. The Hall–Kier alpha value is -3.22. The molecule has 0 fully saturated rings. The molecule has 1 aliphatic rings. The van der Waals surface area contributed by atoms with Gasteiger partial charge < -0.3 is 11.1 Å². The first-order valence-corrected chi connectivity index (χ1v) is 8.69. The van der Waals surface area contributed by atoms with Crippen LogP contribution in [0.5, 0.6) is 0 Å². The molecule has 140 valence electrons. The normalized spacial score (nSPS) is 16.1. The molecule has 1 aliphatic heterocycles. The predicted molar refractivity (Wildman–Crippen MR) is 102 cm³/mol. The molecule has 0 aliphatic carbocycles. The Morgan fingerprint density at radius 1 is 1.26 bits per heavy atom. The van der Waals surface area contributed by atoms with E-state index in [1.165, 1.54) is 34.8 Å². The average Bonchev–Trinajstić information content (AvgIpc) is 3.08. The Balaban J connectivity index is 1.66. The second kappa shape index (κ2) is 7.99. The molecule has 1 heterocycles. The molecule has 0 bridgehead atoms. The number of primary amides is 1. The lowest BCUT2D eigenvalue weighted by atomic mass is 10.1. The first-order chi connectivity index (χ1) is 12.9. The number of nitrogens with one attached hydrogen (secondary N) is 1. The van der Waals surface area contributed by atoms with E-state index in [0.29, 0.717) is 18.7 Å². The van der Waals surface area contributed by atoms with E-state index >= 15 is 0 Å². The molecular formula is C20H21FN4O2. The fourth-order valence-electron chi connectivity index (χ4n) is 2.99. The number of aryl methyl sites for hydroxylation is 1. The molecule has 6 nitrogen and oxygen atoms in total. The first kappa shape index (κ1) is 18.6. The highest BCUT2D eigenvalue weighted by Gasteiger charge is 2.34. The predicted octanol–water partition coefficient (Wildman–Crippen LogP) is 1.91. The Labute approximate surface area is 156 Å². The first-order valence-electron chi connectivity index (χ1n) is 8.69. The van der Waals surface area contributed by atoms with E-state index in [1.807, 2.05) is 25.1 Å². The summed E-state index contributed by atoms with van der Waals surface area (Å²) in [6.45, 7) is 2.47. The van der Waals surface area contributed by atoms with E-state index in [4.69, 9.17) is 5.73 Å². The van der Waals surface area contributed by atoms with Gasteiger partial charge in [0.05, 0.1) is 5.69 Å². The third-order valence-corrected chi connectivity index (χ3v) is 4.37. The maximum Gasteiger partial charge on any atom is 0.267 e. The third kappa shape index (κ3) is 4.49. The molecule has 1 unspecified atom stereocenters. The fourth-order valence-corrected chi connectivity index (χ4v) is 2.99. The van der Waals surface area contributed by atoms with Crippen LogP contribution in [-0.4, -0.2) is 30.1 Å². The van der Waals surface area contributed by atoms with E-state index in [1.54, 1.807) is 0 Å². The summed E-state index contributed by atoms with van der Waals surface area (Å²) in [5.74, 6) is -1.32. The summed E-state index contributed by atoms with van der Waals surface area (Å²) >= 11 is 0. The van der Waals surface area contributed by atoms with Gasteiger partial charge in [-0.05, 0) is 43.2 Å². The summed E-state index contributed by atoms with van der Waals surface area (Å²) < 4.78 is 13.1. The molecule has 0 saturated carbocycles. The van der Waals surface area contributed by atoms with Gasteiger partial charge in [0.2, 0.25) is 5.91 Å². The van der Waals surface area contributed by atoms with Crippen molar-refractivity contribution in [2.24, 2.45) is 10.8 Å². The number of halogens is 1. The summed E-state index contributed by atoms with van der Waals surface area (Å²) in [7, 11) is 0. The van der Waals surface area contributed by atoms with Crippen molar-refractivity contribution in [2.45, 2.75) is 25.8 Å². The van der Waals surface area contributed by atoms with Gasteiger partial charge in [-0.15, -0.1) is 0 Å². The quantitative estimate of drug-likeness (QED) is 0.816. The molecular weight excluding hydrogens is 347 g/mol. The zero-order valence-electron chi connectivity index (χ0n) is 15.0. The molecule has 0 aromatic heterocycles.